The number of rotatable bonds is 2. The fourth-order valence-corrected chi connectivity index (χ4v) is 1.16. The largest absolute Gasteiger partial charge is 0.467 e. The van der Waals surface area contributed by atoms with Gasteiger partial charge >= 0.3 is 5.97 Å². The van der Waals surface area contributed by atoms with E-state index in [0.717, 1.165) is 4.47 Å². The highest BCUT2D eigenvalue weighted by atomic mass is 79.9. The van der Waals surface area contributed by atoms with Crippen LogP contribution in [0.25, 0.3) is 0 Å². The molecular weight excluding hydrogens is 236 g/mol. The normalized spacial score (nSPS) is 12.2. The molecule has 1 N–H and O–H groups in total. The molecule has 0 fully saturated rings. The molecule has 70 valence electrons. The van der Waals surface area contributed by atoms with E-state index in [4.69, 9.17) is 0 Å². The molecular formula is C9H9BrO3. The van der Waals surface area contributed by atoms with Crippen molar-refractivity contribution < 1.29 is 14.6 Å². The van der Waals surface area contributed by atoms with Crippen molar-refractivity contribution in [3.63, 3.8) is 0 Å². The van der Waals surface area contributed by atoms with Gasteiger partial charge in [0.15, 0.2) is 6.10 Å². The number of aliphatic hydroxyl groups is 1. The Morgan fingerprint density at radius 3 is 2.46 bits per heavy atom. The van der Waals surface area contributed by atoms with Gasteiger partial charge in [-0.15, -0.1) is 0 Å². The molecule has 0 amide bonds. The summed E-state index contributed by atoms with van der Waals surface area (Å²) in [4.78, 5) is 10.9. The van der Waals surface area contributed by atoms with Crippen molar-refractivity contribution in [3.8, 4) is 0 Å². The molecule has 1 aromatic rings. The number of hydrogen-bond donors (Lipinski definition) is 1. The second-order valence-corrected chi connectivity index (χ2v) is 3.39. The smallest absolute Gasteiger partial charge is 0.339 e. The van der Waals surface area contributed by atoms with Crippen molar-refractivity contribution in [1.29, 1.82) is 0 Å². The van der Waals surface area contributed by atoms with Crippen LogP contribution >= 0.6 is 15.9 Å². The number of esters is 1. The fourth-order valence-electron chi connectivity index (χ4n) is 0.893. The lowest BCUT2D eigenvalue weighted by atomic mass is 10.1. The second-order valence-electron chi connectivity index (χ2n) is 2.48. The summed E-state index contributed by atoms with van der Waals surface area (Å²) in [5.41, 5.74) is 0.523. The average Bonchev–Trinajstić information content (AvgIpc) is 2.17. The lowest BCUT2D eigenvalue weighted by Gasteiger charge is -2.07. The summed E-state index contributed by atoms with van der Waals surface area (Å²) in [5.74, 6) is -0.651. The summed E-state index contributed by atoms with van der Waals surface area (Å²) in [6.07, 6.45) is -1.20. The van der Waals surface area contributed by atoms with E-state index in [1.54, 1.807) is 24.3 Å². The van der Waals surface area contributed by atoms with Crippen molar-refractivity contribution in [3.05, 3.63) is 34.3 Å². The van der Waals surface area contributed by atoms with E-state index in [-0.39, 0.29) is 0 Å². The maximum atomic E-state index is 10.9. The number of ether oxygens (including phenoxy) is 1. The maximum absolute atomic E-state index is 10.9. The second kappa shape index (κ2) is 4.39. The average molecular weight is 245 g/mol. The number of carbonyl (C=O) groups excluding carboxylic acids is 1. The summed E-state index contributed by atoms with van der Waals surface area (Å²) in [7, 11) is 1.24. The lowest BCUT2D eigenvalue weighted by Crippen LogP contribution is -2.13. The van der Waals surface area contributed by atoms with E-state index in [9.17, 15) is 9.90 Å². The molecule has 0 aliphatic carbocycles. The summed E-state index contributed by atoms with van der Waals surface area (Å²) in [6, 6.07) is 6.82. The Morgan fingerprint density at radius 1 is 1.46 bits per heavy atom. The summed E-state index contributed by atoms with van der Waals surface area (Å²) >= 11 is 3.25. The van der Waals surface area contributed by atoms with E-state index >= 15 is 0 Å². The van der Waals surface area contributed by atoms with Crippen molar-refractivity contribution >= 4 is 21.9 Å². The summed E-state index contributed by atoms with van der Waals surface area (Å²) < 4.78 is 5.29. The van der Waals surface area contributed by atoms with Crippen LogP contribution in [0.2, 0.25) is 0 Å². The van der Waals surface area contributed by atoms with Gasteiger partial charge in [-0.25, -0.2) is 4.79 Å². The van der Waals surface area contributed by atoms with E-state index in [2.05, 4.69) is 20.7 Å². The molecule has 1 aromatic carbocycles. The van der Waals surface area contributed by atoms with Gasteiger partial charge in [-0.2, -0.15) is 0 Å². The van der Waals surface area contributed by atoms with Crippen LogP contribution in [0.4, 0.5) is 0 Å². The molecule has 4 heteroatoms. The minimum absolute atomic E-state index is 0.523. The third-order valence-electron chi connectivity index (χ3n) is 1.61. The first kappa shape index (κ1) is 10.2. The lowest BCUT2D eigenvalue weighted by molar-refractivity contribution is -0.150. The van der Waals surface area contributed by atoms with E-state index in [0.29, 0.717) is 5.56 Å². The molecule has 0 aliphatic heterocycles. The Labute approximate surface area is 84.5 Å². The van der Waals surface area contributed by atoms with Crippen molar-refractivity contribution in [1.82, 2.24) is 0 Å². The van der Waals surface area contributed by atoms with Crippen molar-refractivity contribution in [2.24, 2.45) is 0 Å². The molecule has 13 heavy (non-hydrogen) atoms. The monoisotopic (exact) mass is 244 g/mol. The van der Waals surface area contributed by atoms with Gasteiger partial charge in [0.05, 0.1) is 7.11 Å². The Morgan fingerprint density at radius 2 is 2.00 bits per heavy atom. The quantitative estimate of drug-likeness (QED) is 0.806. The van der Waals surface area contributed by atoms with Crippen LogP contribution in [0.5, 0.6) is 0 Å². The molecule has 0 spiro atoms. The Bertz CT molecular complexity index is 294. The van der Waals surface area contributed by atoms with E-state index in [1.807, 2.05) is 0 Å². The molecule has 0 aliphatic rings. The Balaban J connectivity index is 2.83. The van der Waals surface area contributed by atoms with Gasteiger partial charge in [0.25, 0.3) is 0 Å². The van der Waals surface area contributed by atoms with Gasteiger partial charge in [-0.3, -0.25) is 0 Å². The minimum Gasteiger partial charge on any atom is -0.467 e. The van der Waals surface area contributed by atoms with Crippen molar-refractivity contribution in [2.45, 2.75) is 6.10 Å². The molecule has 0 saturated heterocycles. The zero-order valence-corrected chi connectivity index (χ0v) is 8.61. The number of methoxy groups -OCH3 is 1. The zero-order valence-electron chi connectivity index (χ0n) is 7.03. The number of carbonyl (C=O) groups is 1. The van der Waals surface area contributed by atoms with Crippen LogP contribution in [0.1, 0.15) is 11.7 Å². The van der Waals surface area contributed by atoms with Gasteiger partial charge in [0.1, 0.15) is 0 Å². The first-order chi connectivity index (χ1) is 6.15. The molecule has 1 atom stereocenters. The fraction of sp³-hybridized carbons (Fsp3) is 0.222. The standard InChI is InChI=1S/C9H9BrO3/c1-13-9(12)8(11)6-2-4-7(10)5-3-6/h2-5,8,11H,1H3/t8-/m1/s1. The highest BCUT2D eigenvalue weighted by Crippen LogP contribution is 2.17. The molecule has 0 radical (unpaired) electrons. The number of benzene rings is 1. The zero-order chi connectivity index (χ0) is 9.84. The third-order valence-corrected chi connectivity index (χ3v) is 2.14. The van der Waals surface area contributed by atoms with Gasteiger partial charge in [-0.1, -0.05) is 28.1 Å². The number of hydrogen-bond acceptors (Lipinski definition) is 3. The van der Waals surface area contributed by atoms with Crippen LogP contribution in [-0.2, 0) is 9.53 Å². The molecule has 0 bridgehead atoms. The number of halogens is 1. The third kappa shape index (κ3) is 2.54. The number of aliphatic hydroxyl groups excluding tert-OH is 1. The van der Waals surface area contributed by atoms with Gasteiger partial charge in [0.2, 0.25) is 0 Å². The first-order valence-corrected chi connectivity index (χ1v) is 4.46. The van der Waals surface area contributed by atoms with Gasteiger partial charge < -0.3 is 9.84 Å². The Hall–Kier alpha value is -0.870. The van der Waals surface area contributed by atoms with E-state index in [1.165, 1.54) is 7.11 Å². The van der Waals surface area contributed by atoms with Crippen molar-refractivity contribution in [2.75, 3.05) is 7.11 Å². The summed E-state index contributed by atoms with van der Waals surface area (Å²) in [6.45, 7) is 0. The van der Waals surface area contributed by atoms with Crippen LogP contribution in [-0.4, -0.2) is 18.2 Å². The SMILES string of the molecule is COC(=O)[C@H](O)c1ccc(Br)cc1. The molecule has 0 aromatic heterocycles. The molecule has 0 heterocycles. The van der Waals surface area contributed by atoms with Crippen LogP contribution in [0, 0.1) is 0 Å². The minimum atomic E-state index is -1.20. The molecule has 0 unspecified atom stereocenters. The highest BCUT2D eigenvalue weighted by molar-refractivity contribution is 9.10. The highest BCUT2D eigenvalue weighted by Gasteiger charge is 2.16. The predicted molar refractivity (Wildman–Crippen MR) is 51.1 cm³/mol. The topological polar surface area (TPSA) is 46.5 Å². The maximum Gasteiger partial charge on any atom is 0.339 e. The van der Waals surface area contributed by atoms with Crippen LogP contribution < -0.4 is 0 Å². The molecule has 1 rings (SSSR count). The molecule has 0 saturated carbocycles. The van der Waals surface area contributed by atoms with Crippen LogP contribution in [0.3, 0.4) is 0 Å². The molecule has 3 nitrogen and oxygen atoms in total. The van der Waals surface area contributed by atoms with Crippen LogP contribution in [0.15, 0.2) is 28.7 Å². The predicted octanol–water partition coefficient (Wildman–Crippen LogP) is 1.66. The van der Waals surface area contributed by atoms with Gasteiger partial charge in [0, 0.05) is 4.47 Å². The van der Waals surface area contributed by atoms with Gasteiger partial charge in [-0.05, 0) is 17.7 Å². The Kier molecular flexibility index (Phi) is 3.45. The first-order valence-electron chi connectivity index (χ1n) is 3.66. The summed E-state index contributed by atoms with van der Waals surface area (Å²) in [5, 5.41) is 9.39. The van der Waals surface area contributed by atoms with E-state index < -0.39 is 12.1 Å².